The summed E-state index contributed by atoms with van der Waals surface area (Å²) in [5.74, 6) is -0.137. The Kier molecular flexibility index (Phi) is 5.13. The predicted octanol–water partition coefficient (Wildman–Crippen LogP) is 0.519. The smallest absolute Gasteiger partial charge is 0.255 e. The molecule has 7 nitrogen and oxygen atoms in total. The average molecular weight is 302 g/mol. The van der Waals surface area contributed by atoms with E-state index in [0.29, 0.717) is 24.4 Å². The lowest BCUT2D eigenvalue weighted by molar-refractivity contribution is -0.119. The van der Waals surface area contributed by atoms with Gasteiger partial charge in [0.15, 0.2) is 6.61 Å². The van der Waals surface area contributed by atoms with Gasteiger partial charge < -0.3 is 15.4 Å². The summed E-state index contributed by atoms with van der Waals surface area (Å²) in [4.78, 5) is 24.5. The molecule has 0 radical (unpaired) electrons. The molecule has 0 saturated carbocycles. The third-order valence-corrected chi connectivity index (χ3v) is 3.05. The van der Waals surface area contributed by atoms with Gasteiger partial charge in [0.2, 0.25) is 0 Å². The summed E-state index contributed by atoms with van der Waals surface area (Å²) in [6, 6.07) is 8.42. The third-order valence-electron chi connectivity index (χ3n) is 3.05. The van der Waals surface area contributed by atoms with Gasteiger partial charge in [-0.1, -0.05) is 0 Å². The highest BCUT2D eigenvalue weighted by Crippen LogP contribution is 2.13. The quantitative estimate of drug-likeness (QED) is 0.807. The van der Waals surface area contributed by atoms with Gasteiger partial charge in [0.05, 0.1) is 6.54 Å². The zero-order valence-electron chi connectivity index (χ0n) is 12.3. The molecule has 22 heavy (non-hydrogen) atoms. The maximum atomic E-state index is 12.3. The zero-order chi connectivity index (χ0) is 15.9. The number of rotatable bonds is 7. The summed E-state index contributed by atoms with van der Waals surface area (Å²) in [6.45, 7) is 1.01. The molecule has 0 bridgehead atoms. The Hall–Kier alpha value is -2.83. The van der Waals surface area contributed by atoms with E-state index in [-0.39, 0.29) is 12.5 Å². The van der Waals surface area contributed by atoms with E-state index in [1.807, 2.05) is 12.3 Å². The van der Waals surface area contributed by atoms with Crippen molar-refractivity contribution in [2.45, 2.75) is 6.54 Å². The van der Waals surface area contributed by atoms with Gasteiger partial charge in [-0.2, -0.15) is 5.10 Å². The number of ether oxygens (including phenoxy) is 1. The number of aromatic nitrogens is 2. The molecule has 0 atom stereocenters. The number of nitrogens with zero attached hydrogens (tertiary/aromatic N) is 3. The van der Waals surface area contributed by atoms with Gasteiger partial charge in [-0.15, -0.1) is 0 Å². The van der Waals surface area contributed by atoms with Crippen LogP contribution >= 0.6 is 0 Å². The van der Waals surface area contributed by atoms with E-state index in [1.165, 1.54) is 0 Å². The summed E-state index contributed by atoms with van der Waals surface area (Å²) < 4.78 is 6.92. The first kappa shape index (κ1) is 15.6. The molecule has 0 aliphatic carbocycles. The van der Waals surface area contributed by atoms with E-state index in [4.69, 9.17) is 10.5 Å². The molecule has 0 spiro atoms. The van der Waals surface area contributed by atoms with Crippen molar-refractivity contribution in [3.05, 3.63) is 48.3 Å². The molecule has 116 valence electrons. The first-order valence-corrected chi connectivity index (χ1v) is 6.80. The molecule has 2 rings (SSSR count). The highest BCUT2D eigenvalue weighted by atomic mass is 16.5. The van der Waals surface area contributed by atoms with Crippen LogP contribution < -0.4 is 10.5 Å². The van der Waals surface area contributed by atoms with E-state index >= 15 is 0 Å². The number of benzene rings is 1. The van der Waals surface area contributed by atoms with Crippen LogP contribution in [0, 0.1) is 0 Å². The van der Waals surface area contributed by atoms with E-state index in [2.05, 4.69) is 5.10 Å². The second-order valence-electron chi connectivity index (χ2n) is 4.78. The molecule has 0 aliphatic heterocycles. The van der Waals surface area contributed by atoms with Crippen molar-refractivity contribution in [3.8, 4) is 5.75 Å². The number of hydrogen-bond donors (Lipinski definition) is 1. The van der Waals surface area contributed by atoms with Crippen molar-refractivity contribution in [2.24, 2.45) is 5.73 Å². The zero-order valence-corrected chi connectivity index (χ0v) is 12.3. The number of amides is 2. The van der Waals surface area contributed by atoms with Crippen molar-refractivity contribution in [3.63, 3.8) is 0 Å². The van der Waals surface area contributed by atoms with Gasteiger partial charge in [-0.05, 0) is 30.3 Å². The second kappa shape index (κ2) is 7.26. The molecule has 1 aromatic carbocycles. The lowest BCUT2D eigenvalue weighted by Crippen LogP contribution is -2.30. The first-order valence-electron chi connectivity index (χ1n) is 6.80. The first-order chi connectivity index (χ1) is 10.6. The fraction of sp³-hybridized carbons (Fsp3) is 0.267. The number of carbonyl (C=O) groups is 2. The minimum atomic E-state index is -0.543. The Morgan fingerprint density at radius 3 is 2.64 bits per heavy atom. The Balaban J connectivity index is 1.89. The maximum absolute atomic E-state index is 12.3. The van der Waals surface area contributed by atoms with Crippen molar-refractivity contribution in [1.82, 2.24) is 14.7 Å². The number of likely N-dealkylation sites (N-methyl/N-ethyl adjacent to an activating group) is 1. The van der Waals surface area contributed by atoms with Gasteiger partial charge in [0.1, 0.15) is 5.75 Å². The molecule has 0 fully saturated rings. The summed E-state index contributed by atoms with van der Waals surface area (Å²) in [5.41, 5.74) is 5.55. The van der Waals surface area contributed by atoms with Crippen LogP contribution in [0.1, 0.15) is 10.4 Å². The molecule has 2 N–H and O–H groups in total. The molecule has 1 aromatic heterocycles. The van der Waals surface area contributed by atoms with Gasteiger partial charge >= 0.3 is 0 Å². The fourth-order valence-electron chi connectivity index (χ4n) is 1.86. The summed E-state index contributed by atoms with van der Waals surface area (Å²) in [6.07, 6.45) is 3.55. The highest BCUT2D eigenvalue weighted by molar-refractivity contribution is 5.94. The Morgan fingerprint density at radius 1 is 1.32 bits per heavy atom. The minimum absolute atomic E-state index is 0.0893. The van der Waals surface area contributed by atoms with Crippen molar-refractivity contribution < 1.29 is 14.3 Å². The van der Waals surface area contributed by atoms with Gasteiger partial charge in [0, 0.05) is 31.5 Å². The summed E-state index contributed by atoms with van der Waals surface area (Å²) in [5, 5.41) is 4.09. The van der Waals surface area contributed by atoms with Crippen molar-refractivity contribution in [1.29, 1.82) is 0 Å². The van der Waals surface area contributed by atoms with Crippen LogP contribution in [0.15, 0.2) is 42.7 Å². The van der Waals surface area contributed by atoms with Crippen molar-refractivity contribution >= 4 is 11.8 Å². The van der Waals surface area contributed by atoms with Gasteiger partial charge in [-0.3, -0.25) is 14.3 Å². The molecule has 1 heterocycles. The average Bonchev–Trinajstić information content (AvgIpc) is 3.03. The SMILES string of the molecule is CN(CCn1cccn1)C(=O)c1ccc(OCC(N)=O)cc1. The number of hydrogen-bond acceptors (Lipinski definition) is 4. The molecule has 2 amide bonds. The van der Waals surface area contributed by atoms with Crippen LogP contribution in [0.25, 0.3) is 0 Å². The van der Waals surface area contributed by atoms with Gasteiger partial charge in [0.25, 0.3) is 11.8 Å². The maximum Gasteiger partial charge on any atom is 0.255 e. The Morgan fingerprint density at radius 2 is 2.05 bits per heavy atom. The van der Waals surface area contributed by atoms with E-state index < -0.39 is 5.91 Å². The monoisotopic (exact) mass is 302 g/mol. The third kappa shape index (κ3) is 4.34. The van der Waals surface area contributed by atoms with Crippen LogP contribution in [-0.2, 0) is 11.3 Å². The molecule has 0 aliphatic rings. The molecule has 2 aromatic rings. The van der Waals surface area contributed by atoms with Crippen LogP contribution in [0.5, 0.6) is 5.75 Å². The van der Waals surface area contributed by atoms with Crippen LogP contribution in [0.2, 0.25) is 0 Å². The fourth-order valence-corrected chi connectivity index (χ4v) is 1.86. The largest absolute Gasteiger partial charge is 0.484 e. The molecular formula is C15H18N4O3. The minimum Gasteiger partial charge on any atom is -0.484 e. The van der Waals surface area contributed by atoms with Gasteiger partial charge in [-0.25, -0.2) is 0 Å². The Labute approximate surface area is 128 Å². The summed E-state index contributed by atoms with van der Waals surface area (Å²) >= 11 is 0. The predicted molar refractivity (Wildman–Crippen MR) is 80.3 cm³/mol. The van der Waals surface area contributed by atoms with Crippen LogP contribution in [-0.4, -0.2) is 46.7 Å². The number of primary amides is 1. The number of carbonyl (C=O) groups excluding carboxylic acids is 2. The second-order valence-corrected chi connectivity index (χ2v) is 4.78. The topological polar surface area (TPSA) is 90.4 Å². The molecule has 0 unspecified atom stereocenters. The Bertz CT molecular complexity index is 623. The van der Waals surface area contributed by atoms with Crippen molar-refractivity contribution in [2.75, 3.05) is 20.2 Å². The normalized spacial score (nSPS) is 10.2. The van der Waals surface area contributed by atoms with Crippen LogP contribution in [0.4, 0.5) is 0 Å². The number of nitrogens with two attached hydrogens (primary N) is 1. The van der Waals surface area contributed by atoms with E-state index in [1.54, 1.807) is 47.1 Å². The molecular weight excluding hydrogens is 284 g/mol. The molecule has 0 saturated heterocycles. The van der Waals surface area contributed by atoms with E-state index in [9.17, 15) is 9.59 Å². The van der Waals surface area contributed by atoms with Crippen LogP contribution in [0.3, 0.4) is 0 Å². The standard InChI is InChI=1S/C15H18N4O3/c1-18(9-10-19-8-2-7-17-19)15(21)12-3-5-13(6-4-12)22-11-14(16)20/h2-8H,9-11H2,1H3,(H2,16,20). The highest BCUT2D eigenvalue weighted by Gasteiger charge is 2.11. The lowest BCUT2D eigenvalue weighted by Gasteiger charge is -2.17. The molecule has 7 heteroatoms. The van der Waals surface area contributed by atoms with E-state index in [0.717, 1.165) is 0 Å². The lowest BCUT2D eigenvalue weighted by atomic mass is 10.2. The summed E-state index contributed by atoms with van der Waals surface area (Å²) in [7, 11) is 1.74.